The Morgan fingerprint density at radius 3 is 2.50 bits per heavy atom. The second-order valence-electron chi connectivity index (χ2n) is 6.00. The lowest BCUT2D eigenvalue weighted by Crippen LogP contribution is -2.38. The number of anilines is 1. The molecule has 0 aliphatic carbocycles. The Hall–Kier alpha value is -0.800. The van der Waals surface area contributed by atoms with Crippen molar-refractivity contribution >= 4 is 17.3 Å². The van der Waals surface area contributed by atoms with Gasteiger partial charge in [0.15, 0.2) is 0 Å². The van der Waals surface area contributed by atoms with Gasteiger partial charge in [0.25, 0.3) is 0 Å². The highest BCUT2D eigenvalue weighted by Crippen LogP contribution is 2.39. The van der Waals surface area contributed by atoms with Gasteiger partial charge in [-0.15, -0.1) is 0 Å². The molecule has 0 bridgehead atoms. The van der Waals surface area contributed by atoms with Gasteiger partial charge < -0.3 is 10.1 Å². The first-order chi connectivity index (χ1) is 8.20. The number of rotatable bonds is 2. The summed E-state index contributed by atoms with van der Waals surface area (Å²) in [5.74, 6) is -0.399. The third-order valence-electron chi connectivity index (χ3n) is 3.33. The Bertz CT molecular complexity index is 459. The molecule has 1 saturated heterocycles. The van der Waals surface area contributed by atoms with Gasteiger partial charge in [0.05, 0.1) is 22.3 Å². The lowest BCUT2D eigenvalue weighted by molar-refractivity contribution is -0.0662. The first-order valence-electron chi connectivity index (χ1n) is 6.11. The molecule has 0 aromatic heterocycles. The van der Waals surface area contributed by atoms with Gasteiger partial charge in [-0.25, -0.2) is 4.39 Å². The topological polar surface area (TPSA) is 21.3 Å². The van der Waals surface area contributed by atoms with E-state index in [9.17, 15) is 4.39 Å². The summed E-state index contributed by atoms with van der Waals surface area (Å²) in [6, 6.07) is 4.86. The summed E-state index contributed by atoms with van der Waals surface area (Å²) in [7, 11) is 0. The minimum absolute atomic E-state index is 0.135. The van der Waals surface area contributed by atoms with Crippen LogP contribution in [0.3, 0.4) is 0 Å². The number of benzene rings is 1. The average molecular weight is 272 g/mol. The van der Waals surface area contributed by atoms with E-state index in [1.165, 1.54) is 6.07 Å². The average Bonchev–Trinajstić information content (AvgIpc) is 2.40. The van der Waals surface area contributed by atoms with Crippen LogP contribution in [0.1, 0.15) is 34.1 Å². The van der Waals surface area contributed by atoms with Gasteiger partial charge in [-0.1, -0.05) is 11.6 Å². The van der Waals surface area contributed by atoms with E-state index in [2.05, 4.69) is 33.0 Å². The molecule has 100 valence electrons. The van der Waals surface area contributed by atoms with Crippen molar-refractivity contribution in [2.45, 2.75) is 51.4 Å². The summed E-state index contributed by atoms with van der Waals surface area (Å²) >= 11 is 5.78. The third-order valence-corrected chi connectivity index (χ3v) is 3.62. The molecule has 1 fully saturated rings. The molecule has 1 unspecified atom stereocenters. The quantitative estimate of drug-likeness (QED) is 0.869. The van der Waals surface area contributed by atoms with Crippen LogP contribution in [0.4, 0.5) is 10.1 Å². The Labute approximate surface area is 112 Å². The summed E-state index contributed by atoms with van der Waals surface area (Å²) in [5.41, 5.74) is 0.413. The predicted octanol–water partition coefficient (Wildman–Crippen LogP) is 4.24. The molecule has 18 heavy (non-hydrogen) atoms. The highest BCUT2D eigenvalue weighted by Gasteiger charge is 2.45. The van der Waals surface area contributed by atoms with Crippen molar-refractivity contribution in [1.29, 1.82) is 0 Å². The monoisotopic (exact) mass is 271 g/mol. The summed E-state index contributed by atoms with van der Waals surface area (Å²) in [5, 5.41) is 3.51. The van der Waals surface area contributed by atoms with Crippen molar-refractivity contribution < 1.29 is 9.13 Å². The smallest absolute Gasteiger partial charge is 0.141 e. The van der Waals surface area contributed by atoms with Gasteiger partial charge in [0.2, 0.25) is 0 Å². The van der Waals surface area contributed by atoms with Crippen molar-refractivity contribution in [3.05, 3.63) is 29.0 Å². The third kappa shape index (κ3) is 2.78. The number of hydrogen-bond donors (Lipinski definition) is 1. The van der Waals surface area contributed by atoms with Crippen LogP contribution in [0.5, 0.6) is 0 Å². The molecular weight excluding hydrogens is 253 g/mol. The van der Waals surface area contributed by atoms with E-state index in [1.807, 2.05) is 0 Å². The van der Waals surface area contributed by atoms with Gasteiger partial charge in [-0.3, -0.25) is 0 Å². The van der Waals surface area contributed by atoms with E-state index >= 15 is 0 Å². The van der Waals surface area contributed by atoms with E-state index < -0.39 is 5.82 Å². The van der Waals surface area contributed by atoms with Gasteiger partial charge in [-0.2, -0.15) is 0 Å². The van der Waals surface area contributed by atoms with E-state index in [0.717, 1.165) is 12.1 Å². The maximum absolute atomic E-state index is 13.1. The Morgan fingerprint density at radius 2 is 2.00 bits per heavy atom. The van der Waals surface area contributed by atoms with Crippen LogP contribution >= 0.6 is 11.6 Å². The van der Waals surface area contributed by atoms with E-state index in [-0.39, 0.29) is 22.3 Å². The van der Waals surface area contributed by atoms with Crippen LogP contribution in [0.15, 0.2) is 18.2 Å². The molecule has 0 radical (unpaired) electrons. The normalized spacial score (nSPS) is 25.1. The summed E-state index contributed by atoms with van der Waals surface area (Å²) in [6.07, 6.45) is 0.898. The molecule has 1 aromatic carbocycles. The SMILES string of the molecule is CC1(C)CC(Nc2ccc(F)c(Cl)c2)C(C)(C)O1. The van der Waals surface area contributed by atoms with Crippen LogP contribution in [0, 0.1) is 5.82 Å². The highest BCUT2D eigenvalue weighted by molar-refractivity contribution is 6.31. The Balaban J connectivity index is 2.16. The molecule has 1 heterocycles. The molecule has 4 heteroatoms. The molecule has 1 aliphatic heterocycles. The Kier molecular flexibility index (Phi) is 3.32. The molecule has 2 rings (SSSR count). The standard InChI is InChI=1S/C14H19ClFNO/c1-13(2)8-12(14(3,4)18-13)17-9-5-6-11(16)10(15)7-9/h5-7,12,17H,8H2,1-4H3. The molecule has 1 N–H and O–H groups in total. The van der Waals surface area contributed by atoms with Crippen LogP contribution < -0.4 is 5.32 Å². The second-order valence-corrected chi connectivity index (χ2v) is 6.40. The predicted molar refractivity (Wildman–Crippen MR) is 72.7 cm³/mol. The Morgan fingerprint density at radius 1 is 1.33 bits per heavy atom. The fourth-order valence-electron chi connectivity index (χ4n) is 2.57. The molecule has 2 nitrogen and oxygen atoms in total. The number of hydrogen-bond acceptors (Lipinski definition) is 2. The largest absolute Gasteiger partial charge is 0.379 e. The van der Waals surface area contributed by atoms with E-state index in [1.54, 1.807) is 12.1 Å². The minimum atomic E-state index is -0.399. The van der Waals surface area contributed by atoms with Gasteiger partial charge in [0.1, 0.15) is 5.82 Å². The first-order valence-corrected chi connectivity index (χ1v) is 6.49. The summed E-state index contributed by atoms with van der Waals surface area (Å²) in [6.45, 7) is 8.28. The van der Waals surface area contributed by atoms with Crippen molar-refractivity contribution in [2.24, 2.45) is 0 Å². The molecule has 1 aliphatic rings. The van der Waals surface area contributed by atoms with Crippen LogP contribution in [-0.4, -0.2) is 17.2 Å². The van der Waals surface area contributed by atoms with Crippen LogP contribution in [0.2, 0.25) is 5.02 Å². The fraction of sp³-hybridized carbons (Fsp3) is 0.571. The highest BCUT2D eigenvalue weighted by atomic mass is 35.5. The van der Waals surface area contributed by atoms with Gasteiger partial charge >= 0.3 is 0 Å². The zero-order chi connectivity index (χ0) is 13.6. The summed E-state index contributed by atoms with van der Waals surface area (Å²) in [4.78, 5) is 0. The molecule has 0 spiro atoms. The minimum Gasteiger partial charge on any atom is -0.379 e. The van der Waals surface area contributed by atoms with Crippen molar-refractivity contribution in [3.8, 4) is 0 Å². The van der Waals surface area contributed by atoms with Crippen LogP contribution in [-0.2, 0) is 4.74 Å². The molecular formula is C14H19ClFNO. The first kappa shape index (κ1) is 13.6. The number of ether oxygens (including phenoxy) is 1. The van der Waals surface area contributed by atoms with Crippen molar-refractivity contribution in [3.63, 3.8) is 0 Å². The van der Waals surface area contributed by atoms with E-state index in [0.29, 0.717) is 0 Å². The molecule has 1 atom stereocenters. The maximum Gasteiger partial charge on any atom is 0.141 e. The zero-order valence-corrected chi connectivity index (χ0v) is 11.9. The van der Waals surface area contributed by atoms with Gasteiger partial charge in [0, 0.05) is 5.69 Å². The van der Waals surface area contributed by atoms with Crippen molar-refractivity contribution in [1.82, 2.24) is 0 Å². The lowest BCUT2D eigenvalue weighted by atomic mass is 9.94. The van der Waals surface area contributed by atoms with Gasteiger partial charge in [-0.05, 0) is 52.3 Å². The van der Waals surface area contributed by atoms with E-state index in [4.69, 9.17) is 16.3 Å². The lowest BCUT2D eigenvalue weighted by Gasteiger charge is -2.28. The maximum atomic E-state index is 13.1. The molecule has 0 amide bonds. The number of nitrogens with one attached hydrogen (secondary N) is 1. The number of halogens is 2. The second kappa shape index (κ2) is 4.39. The summed E-state index contributed by atoms with van der Waals surface area (Å²) < 4.78 is 19.1. The zero-order valence-electron chi connectivity index (χ0n) is 11.2. The fourth-order valence-corrected chi connectivity index (χ4v) is 2.75. The molecule has 1 aromatic rings. The van der Waals surface area contributed by atoms with Crippen LogP contribution in [0.25, 0.3) is 0 Å². The van der Waals surface area contributed by atoms with Crippen molar-refractivity contribution in [2.75, 3.05) is 5.32 Å². The molecule has 0 saturated carbocycles.